The lowest BCUT2D eigenvalue weighted by Crippen LogP contribution is -2.17. The lowest BCUT2D eigenvalue weighted by Gasteiger charge is -2.15. The molecule has 0 amide bonds. The summed E-state index contributed by atoms with van der Waals surface area (Å²) in [5.41, 5.74) is 1.31. The van der Waals surface area contributed by atoms with Crippen molar-refractivity contribution in [1.82, 2.24) is 0 Å². The second-order valence-electron chi connectivity index (χ2n) is 4.40. The SMILES string of the molecule is CC(c1cccc(F)c1)c1cccc(OC(F)(F)F)c1. The fraction of sp³-hybridized carbons (Fsp3) is 0.200. The molecule has 0 bridgehead atoms. The molecule has 0 aliphatic carbocycles. The van der Waals surface area contributed by atoms with Crippen LogP contribution in [0.15, 0.2) is 48.5 Å². The molecule has 1 nitrogen and oxygen atoms in total. The number of ether oxygens (including phenoxy) is 1. The van der Waals surface area contributed by atoms with Crippen LogP contribution in [0.5, 0.6) is 5.75 Å². The predicted molar refractivity (Wildman–Crippen MR) is 67.0 cm³/mol. The Labute approximate surface area is 113 Å². The number of rotatable bonds is 3. The molecule has 5 heteroatoms. The molecule has 20 heavy (non-hydrogen) atoms. The highest BCUT2D eigenvalue weighted by Crippen LogP contribution is 2.29. The van der Waals surface area contributed by atoms with Crippen molar-refractivity contribution in [3.8, 4) is 5.75 Å². The average Bonchev–Trinajstić information content (AvgIpc) is 2.36. The Morgan fingerprint density at radius 3 is 2.15 bits per heavy atom. The number of hydrogen-bond donors (Lipinski definition) is 0. The second-order valence-corrected chi connectivity index (χ2v) is 4.40. The summed E-state index contributed by atoms with van der Waals surface area (Å²) < 4.78 is 53.6. The number of benzene rings is 2. The van der Waals surface area contributed by atoms with Crippen LogP contribution in [0.3, 0.4) is 0 Å². The highest BCUT2D eigenvalue weighted by atomic mass is 19.4. The van der Waals surface area contributed by atoms with Crippen molar-refractivity contribution in [2.45, 2.75) is 19.2 Å². The van der Waals surface area contributed by atoms with E-state index in [1.807, 2.05) is 0 Å². The molecule has 1 atom stereocenters. The Balaban J connectivity index is 2.26. The quantitative estimate of drug-likeness (QED) is 0.730. The monoisotopic (exact) mass is 284 g/mol. The van der Waals surface area contributed by atoms with E-state index in [4.69, 9.17) is 0 Å². The summed E-state index contributed by atoms with van der Waals surface area (Å²) in [5.74, 6) is -0.891. The van der Waals surface area contributed by atoms with Crippen molar-refractivity contribution < 1.29 is 22.3 Å². The van der Waals surface area contributed by atoms with Gasteiger partial charge in [-0.3, -0.25) is 0 Å². The van der Waals surface area contributed by atoms with Crippen LogP contribution in [-0.2, 0) is 0 Å². The molecular weight excluding hydrogens is 272 g/mol. The van der Waals surface area contributed by atoms with E-state index in [1.165, 1.54) is 30.3 Å². The molecule has 0 aliphatic rings. The minimum absolute atomic E-state index is 0.234. The van der Waals surface area contributed by atoms with Gasteiger partial charge in [-0.1, -0.05) is 31.2 Å². The maximum Gasteiger partial charge on any atom is 0.573 e. The topological polar surface area (TPSA) is 9.23 Å². The van der Waals surface area contributed by atoms with Crippen molar-refractivity contribution in [3.63, 3.8) is 0 Å². The normalized spacial score (nSPS) is 13.1. The van der Waals surface area contributed by atoms with E-state index in [0.717, 1.165) is 0 Å². The highest BCUT2D eigenvalue weighted by Gasteiger charge is 2.31. The van der Waals surface area contributed by atoms with E-state index in [9.17, 15) is 17.6 Å². The Kier molecular flexibility index (Phi) is 3.97. The molecule has 1 unspecified atom stereocenters. The smallest absolute Gasteiger partial charge is 0.406 e. The van der Waals surface area contributed by atoms with Crippen molar-refractivity contribution in [3.05, 3.63) is 65.5 Å². The highest BCUT2D eigenvalue weighted by molar-refractivity contribution is 5.36. The van der Waals surface area contributed by atoms with Crippen molar-refractivity contribution in [1.29, 1.82) is 0 Å². The molecule has 106 valence electrons. The minimum Gasteiger partial charge on any atom is -0.406 e. The van der Waals surface area contributed by atoms with Crippen LogP contribution in [0.25, 0.3) is 0 Å². The third kappa shape index (κ3) is 3.73. The van der Waals surface area contributed by atoms with Gasteiger partial charge in [0.2, 0.25) is 0 Å². The average molecular weight is 284 g/mol. The van der Waals surface area contributed by atoms with Gasteiger partial charge in [0.25, 0.3) is 0 Å². The summed E-state index contributed by atoms with van der Waals surface area (Å²) >= 11 is 0. The molecule has 0 saturated heterocycles. The first-order valence-corrected chi connectivity index (χ1v) is 5.96. The lowest BCUT2D eigenvalue weighted by molar-refractivity contribution is -0.274. The molecule has 0 heterocycles. The summed E-state index contributed by atoms with van der Waals surface area (Å²) in [7, 11) is 0. The van der Waals surface area contributed by atoms with Gasteiger partial charge in [0.15, 0.2) is 0 Å². The van der Waals surface area contributed by atoms with E-state index in [-0.39, 0.29) is 17.5 Å². The van der Waals surface area contributed by atoms with Gasteiger partial charge in [0, 0.05) is 5.92 Å². The van der Waals surface area contributed by atoms with Crippen LogP contribution in [0.4, 0.5) is 17.6 Å². The van der Waals surface area contributed by atoms with E-state index < -0.39 is 6.36 Å². The largest absolute Gasteiger partial charge is 0.573 e. The fourth-order valence-electron chi connectivity index (χ4n) is 1.95. The fourth-order valence-corrected chi connectivity index (χ4v) is 1.95. The lowest BCUT2D eigenvalue weighted by atomic mass is 9.93. The van der Waals surface area contributed by atoms with Gasteiger partial charge in [-0.15, -0.1) is 13.2 Å². The summed E-state index contributed by atoms with van der Waals surface area (Å²) in [6.45, 7) is 1.79. The third-order valence-electron chi connectivity index (χ3n) is 2.94. The number of halogens is 4. The zero-order valence-corrected chi connectivity index (χ0v) is 10.6. The molecule has 0 spiro atoms. The molecule has 0 aromatic heterocycles. The van der Waals surface area contributed by atoms with Gasteiger partial charge in [0.1, 0.15) is 11.6 Å². The summed E-state index contributed by atoms with van der Waals surface area (Å²) in [4.78, 5) is 0. The molecule has 0 N–H and O–H groups in total. The Morgan fingerprint density at radius 1 is 0.950 bits per heavy atom. The van der Waals surface area contributed by atoms with Gasteiger partial charge < -0.3 is 4.74 Å². The van der Waals surface area contributed by atoms with E-state index >= 15 is 0 Å². The molecule has 0 radical (unpaired) electrons. The minimum atomic E-state index is -4.72. The standard InChI is InChI=1S/C15H12F4O/c1-10(11-4-2-6-13(16)8-11)12-5-3-7-14(9-12)20-15(17,18)19/h2-10H,1H3. The van der Waals surface area contributed by atoms with Gasteiger partial charge in [0.05, 0.1) is 0 Å². The maximum absolute atomic E-state index is 13.2. The first-order valence-electron chi connectivity index (χ1n) is 5.96. The van der Waals surface area contributed by atoms with Crippen LogP contribution in [0, 0.1) is 5.82 Å². The van der Waals surface area contributed by atoms with Crippen molar-refractivity contribution in [2.24, 2.45) is 0 Å². The summed E-state index contributed by atoms with van der Waals surface area (Å²) in [6, 6.07) is 11.7. The molecule has 0 aliphatic heterocycles. The zero-order valence-electron chi connectivity index (χ0n) is 10.6. The molecule has 0 fully saturated rings. The third-order valence-corrected chi connectivity index (χ3v) is 2.94. The van der Waals surface area contributed by atoms with Crippen LogP contribution in [0.2, 0.25) is 0 Å². The zero-order chi connectivity index (χ0) is 14.8. The van der Waals surface area contributed by atoms with Crippen molar-refractivity contribution >= 4 is 0 Å². The Hall–Kier alpha value is -2.04. The molecule has 2 aromatic carbocycles. The van der Waals surface area contributed by atoms with E-state index in [0.29, 0.717) is 11.1 Å². The van der Waals surface area contributed by atoms with Gasteiger partial charge in [-0.2, -0.15) is 0 Å². The summed E-state index contributed by atoms with van der Waals surface area (Å²) in [5, 5.41) is 0. The Morgan fingerprint density at radius 2 is 1.55 bits per heavy atom. The predicted octanol–water partition coefficient (Wildman–Crippen LogP) is 4.88. The van der Waals surface area contributed by atoms with Crippen molar-refractivity contribution in [2.75, 3.05) is 0 Å². The molecule has 2 aromatic rings. The first kappa shape index (κ1) is 14.4. The van der Waals surface area contributed by atoms with Crippen LogP contribution < -0.4 is 4.74 Å². The molecule has 0 saturated carbocycles. The van der Waals surface area contributed by atoms with E-state index in [1.54, 1.807) is 25.1 Å². The van der Waals surface area contributed by atoms with Crippen LogP contribution in [0.1, 0.15) is 24.0 Å². The maximum atomic E-state index is 13.2. The van der Waals surface area contributed by atoms with Crippen LogP contribution in [-0.4, -0.2) is 6.36 Å². The van der Waals surface area contributed by atoms with Crippen LogP contribution >= 0.6 is 0 Å². The second kappa shape index (κ2) is 5.53. The van der Waals surface area contributed by atoms with Gasteiger partial charge >= 0.3 is 6.36 Å². The molecular formula is C15H12F4O. The summed E-state index contributed by atoms with van der Waals surface area (Å²) in [6.07, 6.45) is -4.72. The Bertz CT molecular complexity index is 592. The number of hydrogen-bond acceptors (Lipinski definition) is 1. The van der Waals surface area contributed by atoms with E-state index in [2.05, 4.69) is 4.74 Å². The molecule has 2 rings (SSSR count). The number of alkyl halides is 3. The van der Waals surface area contributed by atoms with Gasteiger partial charge in [-0.25, -0.2) is 4.39 Å². The van der Waals surface area contributed by atoms with Gasteiger partial charge in [-0.05, 0) is 35.4 Å². The first-order chi connectivity index (χ1) is 9.35.